The smallest absolute Gasteiger partial charge is 0.244 e. The molecule has 1 aromatic carbocycles. The van der Waals surface area contributed by atoms with Crippen molar-refractivity contribution in [3.8, 4) is 5.75 Å². The van der Waals surface area contributed by atoms with E-state index in [1.807, 2.05) is 0 Å². The van der Waals surface area contributed by atoms with Gasteiger partial charge in [-0.25, -0.2) is 0 Å². The minimum absolute atomic E-state index is 0.134. The van der Waals surface area contributed by atoms with Crippen LogP contribution in [0.5, 0.6) is 5.75 Å². The molecule has 120 valence electrons. The van der Waals surface area contributed by atoms with Crippen LogP contribution in [0, 0.1) is 0 Å². The van der Waals surface area contributed by atoms with Crippen LogP contribution in [-0.2, 0) is 11.4 Å². The maximum absolute atomic E-state index is 11.9. The van der Waals surface area contributed by atoms with Gasteiger partial charge in [0.1, 0.15) is 5.75 Å². The monoisotopic (exact) mass is 314 g/mol. The standard InChI is InChI=1S/C16H18N4O3/c17-16(7-8-16)15(21)18-11-3-5-12(6-4-11)22-9-13-19-14(23-20-13)10-1-2-10/h3-6,10H,1-2,7-9,17H2,(H,18,21). The zero-order chi connectivity index (χ0) is 15.9. The van der Waals surface area contributed by atoms with Crippen molar-refractivity contribution in [1.29, 1.82) is 0 Å². The quantitative estimate of drug-likeness (QED) is 0.844. The zero-order valence-corrected chi connectivity index (χ0v) is 12.6. The van der Waals surface area contributed by atoms with Gasteiger partial charge < -0.3 is 20.3 Å². The van der Waals surface area contributed by atoms with Crippen molar-refractivity contribution in [2.45, 2.75) is 43.7 Å². The first-order valence-electron chi connectivity index (χ1n) is 7.78. The van der Waals surface area contributed by atoms with E-state index in [-0.39, 0.29) is 12.5 Å². The van der Waals surface area contributed by atoms with Crippen molar-refractivity contribution in [3.05, 3.63) is 36.0 Å². The Morgan fingerprint density at radius 3 is 2.74 bits per heavy atom. The van der Waals surface area contributed by atoms with E-state index >= 15 is 0 Å². The molecule has 2 aromatic rings. The second kappa shape index (κ2) is 5.34. The number of carbonyl (C=O) groups is 1. The van der Waals surface area contributed by atoms with Crippen LogP contribution in [0.3, 0.4) is 0 Å². The molecule has 2 aliphatic rings. The molecule has 3 N–H and O–H groups in total. The average molecular weight is 314 g/mol. The molecule has 1 heterocycles. The summed E-state index contributed by atoms with van der Waals surface area (Å²) in [6, 6.07) is 7.14. The zero-order valence-electron chi connectivity index (χ0n) is 12.6. The van der Waals surface area contributed by atoms with Gasteiger partial charge >= 0.3 is 0 Å². The molecule has 23 heavy (non-hydrogen) atoms. The molecule has 2 saturated carbocycles. The van der Waals surface area contributed by atoms with Crippen LogP contribution in [0.4, 0.5) is 5.69 Å². The highest BCUT2D eigenvalue weighted by molar-refractivity contribution is 6.00. The van der Waals surface area contributed by atoms with Gasteiger partial charge in [0.05, 0.1) is 5.54 Å². The first-order valence-corrected chi connectivity index (χ1v) is 7.78. The lowest BCUT2D eigenvalue weighted by Gasteiger charge is -2.10. The fraction of sp³-hybridized carbons (Fsp3) is 0.438. The largest absolute Gasteiger partial charge is 0.485 e. The van der Waals surface area contributed by atoms with Gasteiger partial charge in [-0.3, -0.25) is 4.79 Å². The number of aromatic nitrogens is 2. The number of ether oxygens (including phenoxy) is 1. The summed E-state index contributed by atoms with van der Waals surface area (Å²) < 4.78 is 10.8. The Bertz CT molecular complexity index is 717. The lowest BCUT2D eigenvalue weighted by Crippen LogP contribution is -2.37. The van der Waals surface area contributed by atoms with Crippen LogP contribution < -0.4 is 15.8 Å². The van der Waals surface area contributed by atoms with E-state index in [0.29, 0.717) is 29.1 Å². The van der Waals surface area contributed by atoms with Crippen molar-refractivity contribution in [2.24, 2.45) is 5.73 Å². The Hall–Kier alpha value is -2.41. The van der Waals surface area contributed by atoms with Crippen LogP contribution in [0.25, 0.3) is 0 Å². The number of nitrogens with two attached hydrogens (primary N) is 1. The summed E-state index contributed by atoms with van der Waals surface area (Å²) in [4.78, 5) is 16.2. The fourth-order valence-electron chi connectivity index (χ4n) is 2.22. The predicted molar refractivity (Wildman–Crippen MR) is 81.8 cm³/mol. The third-order valence-corrected chi connectivity index (χ3v) is 4.13. The van der Waals surface area contributed by atoms with E-state index in [4.69, 9.17) is 15.0 Å². The fourth-order valence-corrected chi connectivity index (χ4v) is 2.22. The maximum Gasteiger partial charge on any atom is 0.244 e. The Morgan fingerprint density at radius 2 is 2.09 bits per heavy atom. The number of carbonyl (C=O) groups excluding carboxylic acids is 1. The highest BCUT2D eigenvalue weighted by Gasteiger charge is 2.45. The second-order valence-corrected chi connectivity index (χ2v) is 6.25. The number of hydrogen-bond acceptors (Lipinski definition) is 6. The number of benzene rings is 1. The summed E-state index contributed by atoms with van der Waals surface area (Å²) >= 11 is 0. The molecule has 0 atom stereocenters. The SMILES string of the molecule is NC1(C(=O)Nc2ccc(OCc3noc(C4CC4)n3)cc2)CC1. The van der Waals surface area contributed by atoms with E-state index in [1.54, 1.807) is 24.3 Å². The molecule has 7 heteroatoms. The molecule has 0 spiro atoms. The summed E-state index contributed by atoms with van der Waals surface area (Å²) in [5.74, 6) is 2.23. The average Bonchev–Trinajstić information content (AvgIpc) is 3.48. The normalized spacial score (nSPS) is 18.5. The molecular weight excluding hydrogens is 296 g/mol. The van der Waals surface area contributed by atoms with Crippen LogP contribution in [0.15, 0.2) is 28.8 Å². The topological polar surface area (TPSA) is 103 Å². The minimum Gasteiger partial charge on any atom is -0.485 e. The third-order valence-electron chi connectivity index (χ3n) is 4.13. The Labute approximate surface area is 133 Å². The summed E-state index contributed by atoms with van der Waals surface area (Å²) in [7, 11) is 0. The van der Waals surface area contributed by atoms with Gasteiger partial charge in [-0.15, -0.1) is 0 Å². The number of nitrogens with one attached hydrogen (secondary N) is 1. The van der Waals surface area contributed by atoms with Gasteiger partial charge in [-0.05, 0) is 49.9 Å². The van der Waals surface area contributed by atoms with E-state index in [0.717, 1.165) is 25.7 Å². The molecule has 0 radical (unpaired) electrons. The van der Waals surface area contributed by atoms with E-state index in [2.05, 4.69) is 15.5 Å². The van der Waals surface area contributed by atoms with Gasteiger partial charge in [0.2, 0.25) is 17.6 Å². The highest BCUT2D eigenvalue weighted by atomic mass is 16.5. The molecule has 0 unspecified atom stereocenters. The predicted octanol–water partition coefficient (Wildman–Crippen LogP) is 1.96. The van der Waals surface area contributed by atoms with Crippen molar-refractivity contribution < 1.29 is 14.1 Å². The van der Waals surface area contributed by atoms with Crippen LogP contribution in [-0.4, -0.2) is 21.6 Å². The first kappa shape index (κ1) is 14.2. The molecular formula is C16H18N4O3. The molecule has 7 nitrogen and oxygen atoms in total. The van der Waals surface area contributed by atoms with Crippen molar-refractivity contribution in [1.82, 2.24) is 10.1 Å². The van der Waals surface area contributed by atoms with Gasteiger partial charge in [0, 0.05) is 11.6 Å². The molecule has 2 aliphatic carbocycles. The van der Waals surface area contributed by atoms with Crippen LogP contribution in [0.1, 0.15) is 43.3 Å². The third kappa shape index (κ3) is 3.19. The minimum atomic E-state index is -0.674. The number of anilines is 1. The molecule has 0 bridgehead atoms. The summed E-state index contributed by atoms with van der Waals surface area (Å²) in [5.41, 5.74) is 5.88. The van der Waals surface area contributed by atoms with Gasteiger partial charge in [0.15, 0.2) is 6.61 Å². The van der Waals surface area contributed by atoms with E-state index in [1.165, 1.54) is 0 Å². The van der Waals surface area contributed by atoms with Crippen molar-refractivity contribution in [3.63, 3.8) is 0 Å². The van der Waals surface area contributed by atoms with Crippen LogP contribution >= 0.6 is 0 Å². The van der Waals surface area contributed by atoms with Gasteiger partial charge in [-0.2, -0.15) is 4.98 Å². The van der Waals surface area contributed by atoms with E-state index in [9.17, 15) is 4.79 Å². The molecule has 0 aliphatic heterocycles. The van der Waals surface area contributed by atoms with Gasteiger partial charge in [-0.1, -0.05) is 5.16 Å². The highest BCUT2D eigenvalue weighted by Crippen LogP contribution is 2.38. The lowest BCUT2D eigenvalue weighted by atomic mass is 10.2. The van der Waals surface area contributed by atoms with E-state index < -0.39 is 5.54 Å². The summed E-state index contributed by atoms with van der Waals surface area (Å²) in [6.07, 6.45) is 3.74. The number of amides is 1. The Morgan fingerprint density at radius 1 is 1.35 bits per heavy atom. The Kier molecular flexibility index (Phi) is 3.30. The molecule has 2 fully saturated rings. The van der Waals surface area contributed by atoms with Crippen LogP contribution in [0.2, 0.25) is 0 Å². The second-order valence-electron chi connectivity index (χ2n) is 6.25. The van der Waals surface area contributed by atoms with Crippen molar-refractivity contribution in [2.75, 3.05) is 5.32 Å². The molecule has 1 amide bonds. The molecule has 4 rings (SSSR count). The number of hydrogen-bond donors (Lipinski definition) is 2. The molecule has 1 aromatic heterocycles. The summed E-state index contributed by atoms with van der Waals surface area (Å²) in [6.45, 7) is 0.258. The first-order chi connectivity index (χ1) is 11.1. The van der Waals surface area contributed by atoms with Crippen molar-refractivity contribution >= 4 is 11.6 Å². The van der Waals surface area contributed by atoms with Gasteiger partial charge in [0.25, 0.3) is 0 Å². The Balaban J connectivity index is 1.31. The summed E-state index contributed by atoms with van der Waals surface area (Å²) in [5, 5.41) is 6.71. The number of rotatable bonds is 6. The molecule has 0 saturated heterocycles. The number of nitrogens with zero attached hydrogens (tertiary/aromatic N) is 2. The lowest BCUT2D eigenvalue weighted by molar-refractivity contribution is -0.118. The maximum atomic E-state index is 11.9.